The summed E-state index contributed by atoms with van der Waals surface area (Å²) in [7, 11) is 3.04. The topological polar surface area (TPSA) is 55.8 Å². The molecule has 0 bridgehead atoms. The summed E-state index contributed by atoms with van der Waals surface area (Å²) in [5, 5.41) is 9.47. The predicted molar refractivity (Wildman–Crippen MR) is 85.1 cm³/mol. The lowest BCUT2D eigenvalue weighted by Crippen LogP contribution is -2.09. The quantitative estimate of drug-likeness (QED) is 0.882. The third kappa shape index (κ3) is 3.39. The molecule has 0 saturated carbocycles. The van der Waals surface area contributed by atoms with E-state index in [1.54, 1.807) is 13.2 Å². The van der Waals surface area contributed by atoms with Crippen LogP contribution in [0.15, 0.2) is 42.5 Å². The average molecular weight is 300 g/mol. The molecular formula is C18H20O4. The number of ether oxygens (including phenoxy) is 2. The van der Waals surface area contributed by atoms with E-state index in [0.29, 0.717) is 11.5 Å². The van der Waals surface area contributed by atoms with Crippen LogP contribution in [0, 0.1) is 0 Å². The van der Waals surface area contributed by atoms with Crippen LogP contribution in [-0.4, -0.2) is 25.3 Å². The lowest BCUT2D eigenvalue weighted by Gasteiger charge is -2.18. The standard InChI is InChI=1S/C18H20O4/c1-12(9-13-7-5-4-6-8-13)14-10-16(21-2)17(22-3)11-15(14)18(19)20/h4-8,10-12H,9H2,1-3H3,(H,19,20). The molecule has 0 radical (unpaired) electrons. The molecule has 0 aromatic heterocycles. The zero-order valence-electron chi connectivity index (χ0n) is 13.0. The molecule has 0 aliphatic heterocycles. The van der Waals surface area contributed by atoms with Gasteiger partial charge >= 0.3 is 5.97 Å². The summed E-state index contributed by atoms with van der Waals surface area (Å²) in [5.74, 6) is 0.0575. The number of aromatic carboxylic acids is 1. The Bertz CT molecular complexity index is 650. The van der Waals surface area contributed by atoms with Gasteiger partial charge in [0, 0.05) is 0 Å². The molecule has 0 saturated heterocycles. The van der Waals surface area contributed by atoms with E-state index >= 15 is 0 Å². The van der Waals surface area contributed by atoms with Crippen molar-refractivity contribution in [3.05, 3.63) is 59.2 Å². The smallest absolute Gasteiger partial charge is 0.336 e. The fourth-order valence-electron chi connectivity index (χ4n) is 2.57. The number of carboxylic acids is 1. The summed E-state index contributed by atoms with van der Waals surface area (Å²) in [4.78, 5) is 11.6. The molecular weight excluding hydrogens is 280 g/mol. The fourth-order valence-corrected chi connectivity index (χ4v) is 2.57. The second-order valence-corrected chi connectivity index (χ2v) is 5.19. The minimum absolute atomic E-state index is 0.0494. The highest BCUT2D eigenvalue weighted by molar-refractivity contribution is 5.90. The Morgan fingerprint density at radius 2 is 1.68 bits per heavy atom. The molecule has 1 atom stereocenters. The number of rotatable bonds is 6. The molecule has 22 heavy (non-hydrogen) atoms. The van der Waals surface area contributed by atoms with Crippen molar-refractivity contribution in [1.82, 2.24) is 0 Å². The van der Waals surface area contributed by atoms with Gasteiger partial charge in [0.1, 0.15) is 0 Å². The monoisotopic (exact) mass is 300 g/mol. The molecule has 0 fully saturated rings. The minimum atomic E-state index is -0.962. The van der Waals surface area contributed by atoms with Crippen LogP contribution in [0.5, 0.6) is 11.5 Å². The van der Waals surface area contributed by atoms with Crippen LogP contribution < -0.4 is 9.47 Å². The summed E-state index contributed by atoms with van der Waals surface area (Å²) < 4.78 is 10.5. The molecule has 0 aliphatic rings. The summed E-state index contributed by atoms with van der Waals surface area (Å²) in [6.45, 7) is 2.01. The Labute approximate surface area is 130 Å². The number of carboxylic acid groups (broad SMARTS) is 1. The first-order chi connectivity index (χ1) is 10.6. The predicted octanol–water partition coefficient (Wildman–Crippen LogP) is 3.75. The Balaban J connectivity index is 2.41. The van der Waals surface area contributed by atoms with Crippen LogP contribution in [-0.2, 0) is 6.42 Å². The van der Waals surface area contributed by atoms with Crippen LogP contribution in [0.3, 0.4) is 0 Å². The van der Waals surface area contributed by atoms with Gasteiger partial charge in [-0.15, -0.1) is 0 Å². The van der Waals surface area contributed by atoms with E-state index in [4.69, 9.17) is 9.47 Å². The Kier molecular flexibility index (Phi) is 5.04. The highest BCUT2D eigenvalue weighted by Crippen LogP contribution is 2.35. The van der Waals surface area contributed by atoms with Crippen LogP contribution in [0.2, 0.25) is 0 Å². The number of hydrogen-bond donors (Lipinski definition) is 1. The second-order valence-electron chi connectivity index (χ2n) is 5.19. The molecule has 2 aromatic rings. The molecule has 2 aromatic carbocycles. The maximum absolute atomic E-state index is 11.6. The maximum Gasteiger partial charge on any atom is 0.336 e. The van der Waals surface area contributed by atoms with E-state index in [0.717, 1.165) is 12.0 Å². The Hall–Kier alpha value is -2.49. The van der Waals surface area contributed by atoms with Crippen LogP contribution in [0.1, 0.15) is 34.3 Å². The highest BCUT2D eigenvalue weighted by Gasteiger charge is 2.20. The number of methoxy groups -OCH3 is 2. The number of carbonyl (C=O) groups is 1. The van der Waals surface area contributed by atoms with Crippen LogP contribution >= 0.6 is 0 Å². The van der Waals surface area contributed by atoms with Crippen molar-refractivity contribution in [1.29, 1.82) is 0 Å². The van der Waals surface area contributed by atoms with Crippen LogP contribution in [0.25, 0.3) is 0 Å². The molecule has 1 unspecified atom stereocenters. The van der Waals surface area contributed by atoms with Gasteiger partial charge in [0.2, 0.25) is 0 Å². The van der Waals surface area contributed by atoms with E-state index < -0.39 is 5.97 Å². The second kappa shape index (κ2) is 6.98. The molecule has 0 heterocycles. The lowest BCUT2D eigenvalue weighted by molar-refractivity contribution is 0.0694. The van der Waals surface area contributed by atoms with E-state index in [1.165, 1.54) is 18.7 Å². The van der Waals surface area contributed by atoms with Crippen molar-refractivity contribution in [3.8, 4) is 11.5 Å². The molecule has 4 nitrogen and oxygen atoms in total. The van der Waals surface area contributed by atoms with E-state index in [-0.39, 0.29) is 11.5 Å². The first-order valence-electron chi connectivity index (χ1n) is 7.10. The van der Waals surface area contributed by atoms with Gasteiger partial charge in [-0.1, -0.05) is 37.3 Å². The van der Waals surface area contributed by atoms with Crippen molar-refractivity contribution >= 4 is 5.97 Å². The van der Waals surface area contributed by atoms with Gasteiger partial charge in [0.15, 0.2) is 11.5 Å². The van der Waals surface area contributed by atoms with E-state index in [1.807, 2.05) is 37.3 Å². The maximum atomic E-state index is 11.6. The normalized spacial score (nSPS) is 11.8. The third-order valence-electron chi connectivity index (χ3n) is 3.70. The minimum Gasteiger partial charge on any atom is -0.493 e. The summed E-state index contributed by atoms with van der Waals surface area (Å²) in [6.07, 6.45) is 0.761. The SMILES string of the molecule is COc1cc(C(=O)O)c(C(C)Cc2ccccc2)cc1OC. The average Bonchev–Trinajstić information content (AvgIpc) is 2.54. The van der Waals surface area contributed by atoms with Gasteiger partial charge in [0.05, 0.1) is 19.8 Å². The largest absolute Gasteiger partial charge is 0.493 e. The van der Waals surface area contributed by atoms with Gasteiger partial charge < -0.3 is 14.6 Å². The fraction of sp³-hybridized carbons (Fsp3) is 0.278. The van der Waals surface area contributed by atoms with Gasteiger partial charge in [0.25, 0.3) is 0 Å². The summed E-state index contributed by atoms with van der Waals surface area (Å²) >= 11 is 0. The molecule has 0 spiro atoms. The first kappa shape index (κ1) is 15.9. The molecule has 4 heteroatoms. The van der Waals surface area contributed by atoms with E-state index in [9.17, 15) is 9.90 Å². The molecule has 1 N–H and O–H groups in total. The third-order valence-corrected chi connectivity index (χ3v) is 3.70. The zero-order chi connectivity index (χ0) is 16.1. The molecule has 0 aliphatic carbocycles. The molecule has 2 rings (SSSR count). The van der Waals surface area contributed by atoms with Crippen LogP contribution in [0.4, 0.5) is 0 Å². The van der Waals surface area contributed by atoms with Gasteiger partial charge in [-0.2, -0.15) is 0 Å². The summed E-state index contributed by atoms with van der Waals surface area (Å²) in [6, 6.07) is 13.3. The first-order valence-corrected chi connectivity index (χ1v) is 7.10. The number of hydrogen-bond acceptors (Lipinski definition) is 3. The van der Waals surface area contributed by atoms with Crippen molar-refractivity contribution in [3.63, 3.8) is 0 Å². The summed E-state index contributed by atoms with van der Waals surface area (Å²) in [5.41, 5.74) is 2.16. The Morgan fingerprint density at radius 1 is 1.09 bits per heavy atom. The lowest BCUT2D eigenvalue weighted by atomic mass is 9.90. The zero-order valence-corrected chi connectivity index (χ0v) is 13.0. The van der Waals surface area contributed by atoms with Crippen molar-refractivity contribution in [2.75, 3.05) is 14.2 Å². The Morgan fingerprint density at radius 3 is 2.23 bits per heavy atom. The molecule has 0 amide bonds. The van der Waals surface area contributed by atoms with E-state index in [2.05, 4.69) is 0 Å². The molecule has 116 valence electrons. The van der Waals surface area contributed by atoms with Crippen molar-refractivity contribution in [2.24, 2.45) is 0 Å². The van der Waals surface area contributed by atoms with Crippen molar-refractivity contribution < 1.29 is 19.4 Å². The van der Waals surface area contributed by atoms with Gasteiger partial charge in [-0.25, -0.2) is 4.79 Å². The van der Waals surface area contributed by atoms with Crippen molar-refractivity contribution in [2.45, 2.75) is 19.3 Å². The van der Waals surface area contributed by atoms with Gasteiger partial charge in [-0.3, -0.25) is 0 Å². The van der Waals surface area contributed by atoms with Gasteiger partial charge in [-0.05, 0) is 35.6 Å². The highest BCUT2D eigenvalue weighted by atomic mass is 16.5. The number of benzene rings is 2.